The van der Waals surface area contributed by atoms with Gasteiger partial charge in [0.25, 0.3) is 0 Å². The number of ether oxygens (including phenoxy) is 1. The van der Waals surface area contributed by atoms with Crippen molar-refractivity contribution in [3.63, 3.8) is 0 Å². The van der Waals surface area contributed by atoms with Crippen molar-refractivity contribution in [2.24, 2.45) is 0 Å². The lowest BCUT2D eigenvalue weighted by atomic mass is 9.80. The summed E-state index contributed by atoms with van der Waals surface area (Å²) in [4.78, 5) is 0. The summed E-state index contributed by atoms with van der Waals surface area (Å²) in [7, 11) is 0. The van der Waals surface area contributed by atoms with Gasteiger partial charge in [-0.05, 0) is 65.4 Å². The van der Waals surface area contributed by atoms with Gasteiger partial charge in [-0.25, -0.2) is 0 Å². The highest BCUT2D eigenvalue weighted by Gasteiger charge is 2.46. The van der Waals surface area contributed by atoms with E-state index in [9.17, 15) is 0 Å². The summed E-state index contributed by atoms with van der Waals surface area (Å²) in [5.74, 6) is 0.800. The molecule has 0 amide bonds. The van der Waals surface area contributed by atoms with E-state index in [1.807, 2.05) is 12.1 Å². The van der Waals surface area contributed by atoms with Crippen molar-refractivity contribution in [1.29, 1.82) is 0 Å². The molecule has 4 heterocycles. The maximum absolute atomic E-state index is 6.70. The minimum Gasteiger partial charge on any atom is -0.480 e. The smallest absolute Gasteiger partial charge is 0.148 e. The molecule has 2 fully saturated rings. The largest absolute Gasteiger partial charge is 0.480 e. The summed E-state index contributed by atoms with van der Waals surface area (Å²) in [6, 6.07) is 6.41. The predicted octanol–water partition coefficient (Wildman–Crippen LogP) is 4.19. The monoisotopic (exact) mass is 400 g/mol. The number of hydrogen-bond acceptors (Lipinski definition) is 4. The molecule has 2 aromatic rings. The second kappa shape index (κ2) is 6.48. The summed E-state index contributed by atoms with van der Waals surface area (Å²) in [5, 5.41) is 13.0. The molecular formula is C22H29ClN4O. The topological polar surface area (TPSA) is 51.1 Å². The maximum Gasteiger partial charge on any atom is 0.148 e. The molecule has 5 rings (SSSR count). The fourth-order valence-electron chi connectivity index (χ4n) is 5.39. The van der Waals surface area contributed by atoms with Gasteiger partial charge in [-0.15, -0.1) is 0 Å². The van der Waals surface area contributed by atoms with Gasteiger partial charge in [-0.1, -0.05) is 17.7 Å². The van der Waals surface area contributed by atoms with Gasteiger partial charge in [0.05, 0.1) is 11.1 Å². The fraction of sp³-hybridized carbons (Fsp3) is 0.591. The molecule has 1 spiro atoms. The Morgan fingerprint density at radius 3 is 2.75 bits per heavy atom. The Balaban J connectivity index is 1.68. The number of para-hydroxylation sites is 1. The van der Waals surface area contributed by atoms with Crippen LogP contribution in [0.4, 0.5) is 0 Å². The molecule has 28 heavy (non-hydrogen) atoms. The standard InChI is InChI=1S/C22H29ClN4O/c1-14-18-19(26-27(14)15-7-10-25-21(2,3)13-15)16-5-4-6-17(23)20(16)28-22(18)8-11-24-12-9-22/h4-6,15,24-25H,7-13H2,1-3H3/t15-/m1/s1. The van der Waals surface area contributed by atoms with Crippen LogP contribution in [-0.4, -0.2) is 35.0 Å². The minimum atomic E-state index is -0.330. The quantitative estimate of drug-likeness (QED) is 0.753. The molecule has 0 saturated carbocycles. The Bertz CT molecular complexity index is 914. The molecule has 150 valence electrons. The van der Waals surface area contributed by atoms with Crippen molar-refractivity contribution in [3.05, 3.63) is 34.5 Å². The van der Waals surface area contributed by atoms with E-state index in [2.05, 4.69) is 42.2 Å². The van der Waals surface area contributed by atoms with Gasteiger partial charge in [0.1, 0.15) is 17.0 Å². The third kappa shape index (κ3) is 2.78. The third-order valence-electron chi connectivity index (χ3n) is 6.71. The van der Waals surface area contributed by atoms with Gasteiger partial charge < -0.3 is 15.4 Å². The molecule has 0 bridgehead atoms. The number of aromatic nitrogens is 2. The molecule has 6 heteroatoms. The van der Waals surface area contributed by atoms with Crippen molar-refractivity contribution < 1.29 is 4.74 Å². The molecule has 3 aliphatic heterocycles. The Hall–Kier alpha value is -1.56. The molecule has 0 radical (unpaired) electrons. The van der Waals surface area contributed by atoms with Gasteiger partial charge in [-0.3, -0.25) is 4.68 Å². The summed E-state index contributed by atoms with van der Waals surface area (Å²) in [5.41, 5.74) is 4.43. The molecule has 2 saturated heterocycles. The highest BCUT2D eigenvalue weighted by atomic mass is 35.5. The number of piperidine rings is 2. The zero-order valence-corrected chi connectivity index (χ0v) is 17.7. The van der Waals surface area contributed by atoms with E-state index in [0.717, 1.165) is 62.3 Å². The molecule has 1 aromatic carbocycles. The average molecular weight is 401 g/mol. The first-order valence-electron chi connectivity index (χ1n) is 10.4. The van der Waals surface area contributed by atoms with Crippen LogP contribution in [-0.2, 0) is 5.60 Å². The van der Waals surface area contributed by atoms with E-state index in [4.69, 9.17) is 21.4 Å². The van der Waals surface area contributed by atoms with Gasteiger partial charge in [-0.2, -0.15) is 5.10 Å². The molecular weight excluding hydrogens is 372 g/mol. The minimum absolute atomic E-state index is 0.131. The molecule has 1 aromatic heterocycles. The molecule has 2 N–H and O–H groups in total. The van der Waals surface area contributed by atoms with E-state index in [1.54, 1.807) is 0 Å². The van der Waals surface area contributed by atoms with Gasteiger partial charge >= 0.3 is 0 Å². The zero-order valence-electron chi connectivity index (χ0n) is 16.9. The van der Waals surface area contributed by atoms with Crippen molar-refractivity contribution in [3.8, 4) is 17.0 Å². The van der Waals surface area contributed by atoms with E-state index >= 15 is 0 Å². The molecule has 3 aliphatic rings. The Labute approximate surface area is 171 Å². The lowest BCUT2D eigenvalue weighted by Gasteiger charge is -2.42. The Kier molecular flexibility index (Phi) is 4.27. The van der Waals surface area contributed by atoms with Crippen molar-refractivity contribution in [1.82, 2.24) is 20.4 Å². The second-order valence-electron chi connectivity index (χ2n) is 9.17. The van der Waals surface area contributed by atoms with Crippen LogP contribution in [0.25, 0.3) is 11.3 Å². The number of nitrogens with one attached hydrogen (secondary N) is 2. The Morgan fingerprint density at radius 1 is 1.21 bits per heavy atom. The highest BCUT2D eigenvalue weighted by Crippen LogP contribution is 2.52. The Morgan fingerprint density at radius 2 is 2.00 bits per heavy atom. The van der Waals surface area contributed by atoms with Crippen molar-refractivity contribution >= 4 is 11.6 Å². The van der Waals surface area contributed by atoms with E-state index in [1.165, 1.54) is 11.3 Å². The van der Waals surface area contributed by atoms with Crippen LogP contribution in [0.15, 0.2) is 18.2 Å². The number of benzene rings is 1. The third-order valence-corrected chi connectivity index (χ3v) is 7.01. The molecule has 5 nitrogen and oxygen atoms in total. The van der Waals surface area contributed by atoms with E-state index in [-0.39, 0.29) is 11.1 Å². The SMILES string of the molecule is Cc1c2c(nn1[C@@H]1CCNC(C)(C)C1)-c1cccc(Cl)c1OC21CCNCC1. The van der Waals surface area contributed by atoms with Crippen LogP contribution in [0.5, 0.6) is 5.75 Å². The van der Waals surface area contributed by atoms with E-state index in [0.29, 0.717) is 11.1 Å². The number of halogens is 1. The highest BCUT2D eigenvalue weighted by molar-refractivity contribution is 6.32. The number of rotatable bonds is 1. The van der Waals surface area contributed by atoms with Crippen LogP contribution < -0.4 is 15.4 Å². The van der Waals surface area contributed by atoms with Gasteiger partial charge in [0.2, 0.25) is 0 Å². The number of hydrogen-bond donors (Lipinski definition) is 2. The van der Waals surface area contributed by atoms with E-state index < -0.39 is 0 Å². The second-order valence-corrected chi connectivity index (χ2v) is 9.58. The van der Waals surface area contributed by atoms with Crippen LogP contribution in [0.2, 0.25) is 5.02 Å². The fourth-order valence-corrected chi connectivity index (χ4v) is 5.60. The maximum atomic E-state index is 6.70. The lowest BCUT2D eigenvalue weighted by Crippen LogP contribution is -2.47. The predicted molar refractivity (Wildman–Crippen MR) is 112 cm³/mol. The van der Waals surface area contributed by atoms with Crippen molar-refractivity contribution in [2.45, 2.75) is 63.6 Å². The molecule has 1 atom stereocenters. The average Bonchev–Trinajstić information content (AvgIpc) is 3.02. The molecule has 0 unspecified atom stereocenters. The summed E-state index contributed by atoms with van der Waals surface area (Å²) in [6.07, 6.45) is 4.05. The van der Waals surface area contributed by atoms with Crippen molar-refractivity contribution in [2.75, 3.05) is 19.6 Å². The lowest BCUT2D eigenvalue weighted by molar-refractivity contribution is 0.0301. The number of fused-ring (bicyclic) bond motifs is 4. The normalized spacial score (nSPS) is 25.1. The van der Waals surface area contributed by atoms with Gasteiger partial charge in [0.15, 0.2) is 0 Å². The summed E-state index contributed by atoms with van der Waals surface area (Å²) in [6.45, 7) is 9.71. The number of nitrogens with zero attached hydrogens (tertiary/aromatic N) is 2. The summed E-state index contributed by atoms with van der Waals surface area (Å²) < 4.78 is 8.99. The first-order chi connectivity index (χ1) is 13.4. The van der Waals surface area contributed by atoms with Crippen LogP contribution in [0.1, 0.15) is 56.8 Å². The molecule has 0 aliphatic carbocycles. The summed E-state index contributed by atoms with van der Waals surface area (Å²) >= 11 is 6.56. The zero-order chi connectivity index (χ0) is 19.5. The van der Waals surface area contributed by atoms with Crippen LogP contribution >= 0.6 is 11.6 Å². The first-order valence-corrected chi connectivity index (χ1v) is 10.8. The first kappa shape index (κ1) is 18.5. The van der Waals surface area contributed by atoms with Crippen LogP contribution in [0.3, 0.4) is 0 Å². The van der Waals surface area contributed by atoms with Gasteiger partial charge in [0, 0.05) is 35.2 Å². The van der Waals surface area contributed by atoms with Crippen LogP contribution in [0, 0.1) is 6.92 Å².